The Hall–Kier alpha value is -3.11. The second-order valence-corrected chi connectivity index (χ2v) is 5.69. The van der Waals surface area contributed by atoms with Crippen molar-refractivity contribution in [2.24, 2.45) is 0 Å². The molecule has 0 atom stereocenters. The highest BCUT2D eigenvalue weighted by molar-refractivity contribution is 6.20. The zero-order valence-corrected chi connectivity index (χ0v) is 14.2. The third-order valence-corrected chi connectivity index (χ3v) is 3.85. The third kappa shape index (κ3) is 4.01. The molecule has 1 aromatic rings. The van der Waals surface area contributed by atoms with Gasteiger partial charge in [-0.25, -0.2) is 4.79 Å². The number of fused-ring (bicyclic) bond motifs is 1. The second-order valence-electron chi connectivity index (χ2n) is 5.69. The maximum absolute atomic E-state index is 12.1. The molecule has 2 aliphatic heterocycles. The van der Waals surface area contributed by atoms with Crippen molar-refractivity contribution in [2.45, 2.75) is 19.3 Å². The molecule has 10 nitrogen and oxygen atoms in total. The van der Waals surface area contributed by atoms with Gasteiger partial charge >= 0.3 is 5.97 Å². The van der Waals surface area contributed by atoms with E-state index in [0.717, 1.165) is 0 Å². The molecule has 0 bridgehead atoms. The number of hydroxylamine groups is 4. The lowest BCUT2D eigenvalue weighted by Crippen LogP contribution is -2.32. The summed E-state index contributed by atoms with van der Waals surface area (Å²) in [6.07, 6.45) is -0.125. The molecule has 1 aromatic carbocycles. The molecule has 2 heterocycles. The Bertz CT molecular complexity index is 755. The van der Waals surface area contributed by atoms with Gasteiger partial charge in [0.05, 0.1) is 37.4 Å². The standard InChI is InChI=1S/C17H16N2O8/c20-13-5-6-14(21)18(13)27-15(22)7-8-25-9-10-26-19-16(23)11-3-1-2-4-12(11)17(19)24/h1-4H,5-10H2. The molecular formula is C17H16N2O8. The molecule has 142 valence electrons. The van der Waals surface area contributed by atoms with Crippen molar-refractivity contribution in [1.29, 1.82) is 0 Å². The smallest absolute Gasteiger partial charge is 0.335 e. The molecule has 3 rings (SSSR count). The molecule has 0 unspecified atom stereocenters. The molecule has 0 aromatic heterocycles. The summed E-state index contributed by atoms with van der Waals surface area (Å²) in [6.45, 7) is -0.105. The van der Waals surface area contributed by atoms with Crippen molar-refractivity contribution in [3.63, 3.8) is 0 Å². The molecule has 0 N–H and O–H groups in total. The summed E-state index contributed by atoms with van der Waals surface area (Å²) in [6, 6.07) is 6.38. The van der Waals surface area contributed by atoms with Gasteiger partial charge in [0, 0.05) is 12.8 Å². The van der Waals surface area contributed by atoms with Gasteiger partial charge in [-0.1, -0.05) is 12.1 Å². The molecule has 27 heavy (non-hydrogen) atoms. The molecular weight excluding hydrogens is 360 g/mol. The van der Waals surface area contributed by atoms with Gasteiger partial charge in [0.25, 0.3) is 23.6 Å². The van der Waals surface area contributed by atoms with Gasteiger partial charge in [-0.3, -0.25) is 24.0 Å². The minimum atomic E-state index is -0.778. The number of ether oxygens (including phenoxy) is 1. The SMILES string of the molecule is O=C(CCOCCON1C(=O)c2ccccc2C1=O)ON1C(=O)CCC1=O. The van der Waals surface area contributed by atoms with Crippen molar-refractivity contribution in [1.82, 2.24) is 10.1 Å². The number of rotatable bonds is 8. The summed E-state index contributed by atoms with van der Waals surface area (Å²) in [5.74, 6) is -2.97. The number of nitrogens with zero attached hydrogens (tertiary/aromatic N) is 2. The molecule has 0 spiro atoms. The summed E-state index contributed by atoms with van der Waals surface area (Å²) in [5.41, 5.74) is 0.550. The van der Waals surface area contributed by atoms with Crippen LogP contribution in [0.2, 0.25) is 0 Å². The summed E-state index contributed by atoms with van der Waals surface area (Å²) in [4.78, 5) is 68.1. The van der Waals surface area contributed by atoms with Gasteiger partial charge < -0.3 is 9.57 Å². The Balaban J connectivity index is 1.33. The van der Waals surface area contributed by atoms with Gasteiger partial charge in [-0.15, -0.1) is 10.1 Å². The van der Waals surface area contributed by atoms with Crippen LogP contribution in [0.4, 0.5) is 0 Å². The molecule has 10 heteroatoms. The van der Waals surface area contributed by atoms with Crippen LogP contribution in [0.25, 0.3) is 0 Å². The lowest BCUT2D eigenvalue weighted by molar-refractivity contribution is -0.198. The number of imide groups is 2. The van der Waals surface area contributed by atoms with E-state index < -0.39 is 29.6 Å². The molecule has 0 saturated carbocycles. The first-order valence-electron chi connectivity index (χ1n) is 8.24. The van der Waals surface area contributed by atoms with E-state index in [1.54, 1.807) is 12.1 Å². The van der Waals surface area contributed by atoms with Crippen molar-refractivity contribution in [3.05, 3.63) is 35.4 Å². The number of carbonyl (C=O) groups is 5. The monoisotopic (exact) mass is 376 g/mol. The summed E-state index contributed by atoms with van der Waals surface area (Å²) >= 11 is 0. The first kappa shape index (κ1) is 18.7. The minimum Gasteiger partial charge on any atom is -0.378 e. The summed E-state index contributed by atoms with van der Waals surface area (Å²) < 4.78 is 5.17. The lowest BCUT2D eigenvalue weighted by atomic mass is 10.1. The van der Waals surface area contributed by atoms with Gasteiger partial charge in [-0.05, 0) is 12.1 Å². The van der Waals surface area contributed by atoms with Crippen LogP contribution in [-0.4, -0.2) is 59.5 Å². The van der Waals surface area contributed by atoms with Crippen molar-refractivity contribution < 1.29 is 38.4 Å². The molecule has 1 fully saturated rings. The Morgan fingerprint density at radius 3 is 2.04 bits per heavy atom. The highest BCUT2D eigenvalue weighted by Crippen LogP contribution is 2.22. The predicted molar refractivity (Wildman–Crippen MR) is 85.5 cm³/mol. The average Bonchev–Trinajstić information content (AvgIpc) is 3.10. The molecule has 0 radical (unpaired) electrons. The van der Waals surface area contributed by atoms with Gasteiger partial charge in [0.2, 0.25) is 0 Å². The Kier molecular flexibility index (Phi) is 5.57. The van der Waals surface area contributed by atoms with Crippen LogP contribution in [0, 0.1) is 0 Å². The fourth-order valence-corrected chi connectivity index (χ4v) is 2.53. The van der Waals surface area contributed by atoms with Gasteiger partial charge in [0.1, 0.15) is 0 Å². The topological polar surface area (TPSA) is 120 Å². The van der Waals surface area contributed by atoms with E-state index >= 15 is 0 Å². The van der Waals surface area contributed by atoms with Gasteiger partial charge in [0.15, 0.2) is 0 Å². The summed E-state index contributed by atoms with van der Waals surface area (Å²) in [7, 11) is 0. The average molecular weight is 376 g/mol. The lowest BCUT2D eigenvalue weighted by Gasteiger charge is -2.14. The van der Waals surface area contributed by atoms with E-state index in [4.69, 9.17) is 9.57 Å². The second kappa shape index (κ2) is 8.06. The van der Waals surface area contributed by atoms with Crippen LogP contribution in [-0.2, 0) is 28.8 Å². The van der Waals surface area contributed by atoms with E-state index in [-0.39, 0.29) is 50.2 Å². The van der Waals surface area contributed by atoms with Crippen LogP contribution < -0.4 is 0 Å². The quantitative estimate of drug-likeness (QED) is 0.467. The first-order valence-corrected chi connectivity index (χ1v) is 8.24. The first-order chi connectivity index (χ1) is 13.0. The van der Waals surface area contributed by atoms with Crippen LogP contribution >= 0.6 is 0 Å². The van der Waals surface area contributed by atoms with Crippen LogP contribution in [0.1, 0.15) is 40.0 Å². The van der Waals surface area contributed by atoms with E-state index in [0.29, 0.717) is 10.1 Å². The number of amides is 4. The Labute approximate surface area is 153 Å². The Morgan fingerprint density at radius 2 is 1.44 bits per heavy atom. The highest BCUT2D eigenvalue weighted by Gasteiger charge is 2.36. The molecule has 4 amide bonds. The number of carbonyl (C=O) groups excluding carboxylic acids is 5. The van der Waals surface area contributed by atoms with E-state index in [1.807, 2.05) is 0 Å². The van der Waals surface area contributed by atoms with Crippen LogP contribution in [0.5, 0.6) is 0 Å². The van der Waals surface area contributed by atoms with E-state index in [1.165, 1.54) is 12.1 Å². The zero-order chi connectivity index (χ0) is 19.4. The normalized spacial score (nSPS) is 16.3. The fourth-order valence-electron chi connectivity index (χ4n) is 2.53. The van der Waals surface area contributed by atoms with E-state index in [9.17, 15) is 24.0 Å². The highest BCUT2D eigenvalue weighted by atomic mass is 16.7. The van der Waals surface area contributed by atoms with Crippen molar-refractivity contribution in [3.8, 4) is 0 Å². The fraction of sp³-hybridized carbons (Fsp3) is 0.353. The molecule has 2 aliphatic rings. The maximum atomic E-state index is 12.1. The zero-order valence-electron chi connectivity index (χ0n) is 14.2. The van der Waals surface area contributed by atoms with E-state index in [2.05, 4.69) is 4.84 Å². The third-order valence-electron chi connectivity index (χ3n) is 3.85. The Morgan fingerprint density at radius 1 is 0.852 bits per heavy atom. The van der Waals surface area contributed by atoms with Crippen molar-refractivity contribution in [2.75, 3.05) is 19.8 Å². The molecule has 1 saturated heterocycles. The number of hydrogen-bond acceptors (Lipinski definition) is 8. The minimum absolute atomic E-state index is 0.0161. The summed E-state index contributed by atoms with van der Waals surface area (Å²) in [5, 5.41) is 1.14. The number of hydrogen-bond donors (Lipinski definition) is 0. The van der Waals surface area contributed by atoms with Crippen LogP contribution in [0.3, 0.4) is 0 Å². The largest absolute Gasteiger partial charge is 0.378 e. The molecule has 0 aliphatic carbocycles. The number of benzene rings is 1. The van der Waals surface area contributed by atoms with Crippen molar-refractivity contribution >= 4 is 29.6 Å². The predicted octanol–water partition coefficient (Wildman–Crippen LogP) is 0.228. The van der Waals surface area contributed by atoms with Gasteiger partial charge in [-0.2, -0.15) is 0 Å². The maximum Gasteiger partial charge on any atom is 0.335 e. The van der Waals surface area contributed by atoms with Crippen LogP contribution in [0.15, 0.2) is 24.3 Å².